The van der Waals surface area contributed by atoms with Gasteiger partial charge in [0.1, 0.15) is 0 Å². The molecule has 1 aliphatic heterocycles. The van der Waals surface area contributed by atoms with Crippen LogP contribution in [0.4, 0.5) is 0 Å². The number of ether oxygens (including phenoxy) is 1. The Morgan fingerprint density at radius 1 is 1.22 bits per heavy atom. The van der Waals surface area contributed by atoms with Crippen LogP contribution < -0.4 is 0 Å². The fraction of sp³-hybridized carbons (Fsp3) is 0.409. The molecule has 1 fully saturated rings. The molecule has 1 aliphatic rings. The van der Waals surface area contributed by atoms with E-state index in [1.54, 1.807) is 17.4 Å². The van der Waals surface area contributed by atoms with Crippen molar-refractivity contribution >= 4 is 23.3 Å². The normalized spacial score (nSPS) is 16.5. The lowest BCUT2D eigenvalue weighted by Crippen LogP contribution is -2.47. The van der Waals surface area contributed by atoms with E-state index >= 15 is 0 Å². The highest BCUT2D eigenvalue weighted by Gasteiger charge is 2.22. The Labute approximate surface area is 166 Å². The van der Waals surface area contributed by atoms with E-state index in [2.05, 4.69) is 43.0 Å². The van der Waals surface area contributed by atoms with Crippen LogP contribution in [0, 0.1) is 6.92 Å². The first-order valence-corrected chi connectivity index (χ1v) is 10.3. The van der Waals surface area contributed by atoms with Crippen LogP contribution in [-0.2, 0) is 16.1 Å². The molecule has 2 aromatic rings. The van der Waals surface area contributed by atoms with Crippen molar-refractivity contribution in [1.82, 2.24) is 9.80 Å². The summed E-state index contributed by atoms with van der Waals surface area (Å²) >= 11 is 1.70. The lowest BCUT2D eigenvalue weighted by atomic mass is 10.1. The van der Waals surface area contributed by atoms with E-state index in [-0.39, 0.29) is 11.9 Å². The molecule has 0 radical (unpaired) electrons. The molecule has 27 heavy (non-hydrogen) atoms. The number of benzene rings is 1. The van der Waals surface area contributed by atoms with Gasteiger partial charge in [-0.1, -0.05) is 30.3 Å². The minimum absolute atomic E-state index is 0.0608. The number of aryl methyl sites for hydroxylation is 1. The van der Waals surface area contributed by atoms with Gasteiger partial charge < -0.3 is 9.64 Å². The van der Waals surface area contributed by atoms with E-state index in [0.29, 0.717) is 6.54 Å². The molecule has 0 aliphatic carbocycles. The van der Waals surface area contributed by atoms with Gasteiger partial charge in [-0.15, -0.1) is 11.3 Å². The van der Waals surface area contributed by atoms with Crippen molar-refractivity contribution < 1.29 is 9.53 Å². The number of hydrogen-bond donors (Lipinski definition) is 0. The first-order chi connectivity index (χ1) is 13.1. The number of carbonyl (C=O) groups excluding carboxylic acids is 1. The molecule has 1 aromatic carbocycles. The Balaban J connectivity index is 1.71. The molecule has 144 valence electrons. The van der Waals surface area contributed by atoms with E-state index in [1.807, 2.05) is 29.2 Å². The van der Waals surface area contributed by atoms with Crippen molar-refractivity contribution in [3.05, 3.63) is 63.9 Å². The molecule has 1 atom stereocenters. The maximum absolute atomic E-state index is 13.0. The van der Waals surface area contributed by atoms with Crippen molar-refractivity contribution in [2.75, 3.05) is 32.8 Å². The summed E-state index contributed by atoms with van der Waals surface area (Å²) < 4.78 is 5.44. The van der Waals surface area contributed by atoms with Crippen LogP contribution in [0.15, 0.2) is 48.5 Å². The van der Waals surface area contributed by atoms with E-state index in [4.69, 9.17) is 4.74 Å². The predicted octanol–water partition coefficient (Wildman–Crippen LogP) is 3.82. The van der Waals surface area contributed by atoms with Crippen molar-refractivity contribution in [2.45, 2.75) is 26.4 Å². The number of hydrogen-bond acceptors (Lipinski definition) is 4. The average Bonchev–Trinajstić information content (AvgIpc) is 3.11. The quantitative estimate of drug-likeness (QED) is 0.681. The van der Waals surface area contributed by atoms with Gasteiger partial charge in [0.25, 0.3) is 0 Å². The average molecular weight is 385 g/mol. The molecule has 1 amide bonds. The van der Waals surface area contributed by atoms with Gasteiger partial charge >= 0.3 is 0 Å². The molecule has 3 rings (SSSR count). The van der Waals surface area contributed by atoms with Crippen LogP contribution in [0.5, 0.6) is 0 Å². The number of nitrogens with zero attached hydrogens (tertiary/aromatic N) is 2. The second-order valence-electron chi connectivity index (χ2n) is 7.00. The number of amides is 1. The molecule has 1 unspecified atom stereocenters. The smallest absolute Gasteiger partial charge is 0.247 e. The van der Waals surface area contributed by atoms with Crippen molar-refractivity contribution in [2.24, 2.45) is 0 Å². The number of morpholine rings is 1. The van der Waals surface area contributed by atoms with Crippen LogP contribution in [0.2, 0.25) is 0 Å². The van der Waals surface area contributed by atoms with E-state index in [1.165, 1.54) is 4.88 Å². The fourth-order valence-corrected chi connectivity index (χ4v) is 4.06. The molecule has 1 aromatic heterocycles. The van der Waals surface area contributed by atoms with Crippen LogP contribution in [0.1, 0.15) is 22.2 Å². The van der Waals surface area contributed by atoms with Gasteiger partial charge in [-0.25, -0.2) is 0 Å². The minimum Gasteiger partial charge on any atom is -0.379 e. The van der Waals surface area contributed by atoms with Gasteiger partial charge in [0.2, 0.25) is 5.91 Å². The van der Waals surface area contributed by atoms with E-state index in [9.17, 15) is 4.79 Å². The van der Waals surface area contributed by atoms with E-state index < -0.39 is 0 Å². The molecular formula is C22H28N2O2S. The standard InChI is InChI=1S/C22H28N2O2S/c1-18(16-23-12-14-26-15-13-23)24(17-20-6-4-3-5-7-20)22(25)11-10-21-9-8-19(2)27-21/h3-11,18H,12-17H2,1-2H3/b11-10+. The molecule has 0 N–H and O–H groups in total. The summed E-state index contributed by atoms with van der Waals surface area (Å²) in [6.07, 6.45) is 3.64. The summed E-state index contributed by atoms with van der Waals surface area (Å²) in [5, 5.41) is 0. The van der Waals surface area contributed by atoms with Crippen LogP contribution in [0.25, 0.3) is 6.08 Å². The number of carbonyl (C=O) groups is 1. The SMILES string of the molecule is Cc1ccc(/C=C/C(=O)N(Cc2ccccc2)C(C)CN2CCOCC2)s1. The summed E-state index contributed by atoms with van der Waals surface area (Å²) in [7, 11) is 0. The number of thiophene rings is 1. The molecule has 1 saturated heterocycles. The van der Waals surface area contributed by atoms with Crippen molar-refractivity contribution in [3.63, 3.8) is 0 Å². The van der Waals surface area contributed by atoms with Gasteiger partial charge in [-0.05, 0) is 37.6 Å². The van der Waals surface area contributed by atoms with Gasteiger partial charge in [0, 0.05) is 48.1 Å². The molecular weight excluding hydrogens is 356 g/mol. The Morgan fingerprint density at radius 2 is 1.96 bits per heavy atom. The predicted molar refractivity (Wildman–Crippen MR) is 112 cm³/mol. The second kappa shape index (κ2) is 9.83. The molecule has 0 spiro atoms. The third-order valence-corrected chi connectivity index (χ3v) is 5.75. The maximum atomic E-state index is 13.0. The van der Waals surface area contributed by atoms with Crippen LogP contribution >= 0.6 is 11.3 Å². The van der Waals surface area contributed by atoms with Gasteiger partial charge in [-0.2, -0.15) is 0 Å². The molecule has 4 nitrogen and oxygen atoms in total. The third kappa shape index (κ3) is 6.03. The summed E-state index contributed by atoms with van der Waals surface area (Å²) in [5.41, 5.74) is 1.15. The highest BCUT2D eigenvalue weighted by molar-refractivity contribution is 7.12. The third-order valence-electron chi connectivity index (χ3n) is 4.79. The zero-order chi connectivity index (χ0) is 19.1. The Bertz CT molecular complexity index is 751. The van der Waals surface area contributed by atoms with Crippen molar-refractivity contribution in [1.29, 1.82) is 0 Å². The van der Waals surface area contributed by atoms with Gasteiger partial charge in [0.05, 0.1) is 13.2 Å². The monoisotopic (exact) mass is 384 g/mol. The molecule has 5 heteroatoms. The Hall–Kier alpha value is -1.95. The molecule has 0 saturated carbocycles. The Kier molecular flexibility index (Phi) is 7.21. The van der Waals surface area contributed by atoms with Crippen LogP contribution in [0.3, 0.4) is 0 Å². The zero-order valence-electron chi connectivity index (χ0n) is 16.1. The summed E-state index contributed by atoms with van der Waals surface area (Å²) in [4.78, 5) is 19.7. The second-order valence-corrected chi connectivity index (χ2v) is 8.31. The summed E-state index contributed by atoms with van der Waals surface area (Å²) in [6.45, 7) is 9.13. The first kappa shape index (κ1) is 19.8. The molecule has 0 bridgehead atoms. The first-order valence-electron chi connectivity index (χ1n) is 9.51. The minimum atomic E-state index is 0.0608. The number of rotatable bonds is 7. The lowest BCUT2D eigenvalue weighted by molar-refractivity contribution is -0.129. The highest BCUT2D eigenvalue weighted by Crippen LogP contribution is 2.17. The Morgan fingerprint density at radius 3 is 2.63 bits per heavy atom. The zero-order valence-corrected chi connectivity index (χ0v) is 17.0. The van der Waals surface area contributed by atoms with Crippen molar-refractivity contribution in [3.8, 4) is 0 Å². The molecule has 2 heterocycles. The topological polar surface area (TPSA) is 32.8 Å². The summed E-state index contributed by atoms with van der Waals surface area (Å²) in [6, 6.07) is 14.5. The maximum Gasteiger partial charge on any atom is 0.247 e. The summed E-state index contributed by atoms with van der Waals surface area (Å²) in [5.74, 6) is 0.0608. The van der Waals surface area contributed by atoms with Crippen LogP contribution in [-0.4, -0.2) is 54.6 Å². The van der Waals surface area contributed by atoms with E-state index in [0.717, 1.165) is 43.3 Å². The lowest BCUT2D eigenvalue weighted by Gasteiger charge is -2.34. The highest BCUT2D eigenvalue weighted by atomic mass is 32.1. The largest absolute Gasteiger partial charge is 0.379 e. The van der Waals surface area contributed by atoms with Gasteiger partial charge in [0.15, 0.2) is 0 Å². The van der Waals surface area contributed by atoms with Gasteiger partial charge in [-0.3, -0.25) is 9.69 Å². The fourth-order valence-electron chi connectivity index (χ4n) is 3.28.